The van der Waals surface area contributed by atoms with Crippen molar-refractivity contribution < 1.29 is 4.79 Å². The second-order valence-electron chi connectivity index (χ2n) is 4.51. The molecule has 0 aliphatic carbocycles. The largest absolute Gasteiger partial charge is 0.339 e. The van der Waals surface area contributed by atoms with Crippen LogP contribution in [0, 0.1) is 0 Å². The van der Waals surface area contributed by atoms with E-state index in [4.69, 9.17) is 0 Å². The number of hydrogen-bond donors (Lipinski definition) is 1. The van der Waals surface area contributed by atoms with Crippen molar-refractivity contribution in [1.82, 2.24) is 10.2 Å². The number of likely N-dealkylation sites (N-methyl/N-ethyl adjacent to an activating group) is 1. The van der Waals surface area contributed by atoms with Crippen molar-refractivity contribution in [2.75, 3.05) is 26.2 Å². The molecule has 3 heteroatoms. The number of nitrogens with one attached hydrogen (secondary N) is 1. The van der Waals surface area contributed by atoms with Crippen molar-refractivity contribution in [2.24, 2.45) is 0 Å². The third-order valence-electron chi connectivity index (χ3n) is 2.96. The molecule has 1 aliphatic heterocycles. The molecular weight excluding hydrogens is 200 g/mol. The summed E-state index contributed by atoms with van der Waals surface area (Å²) in [6, 6.07) is 0. The van der Waals surface area contributed by atoms with Gasteiger partial charge in [0.1, 0.15) is 0 Å². The Kier molecular flexibility index (Phi) is 6.16. The van der Waals surface area contributed by atoms with Crippen molar-refractivity contribution in [1.29, 1.82) is 0 Å². The van der Waals surface area contributed by atoms with Crippen LogP contribution in [-0.4, -0.2) is 37.0 Å². The fraction of sp³-hybridized carbons (Fsp3) is 0.769. The molecule has 16 heavy (non-hydrogen) atoms. The normalized spacial score (nSPS) is 18.1. The van der Waals surface area contributed by atoms with Crippen LogP contribution in [0.4, 0.5) is 0 Å². The average Bonchev–Trinajstić information content (AvgIpc) is 2.26. The Morgan fingerprint density at radius 1 is 1.38 bits per heavy atom. The van der Waals surface area contributed by atoms with Gasteiger partial charge >= 0.3 is 0 Å². The number of likely N-dealkylation sites (tertiary alicyclic amines) is 1. The van der Waals surface area contributed by atoms with E-state index in [9.17, 15) is 4.79 Å². The molecule has 1 N–H and O–H groups in total. The Bertz CT molecular complexity index is 238. The van der Waals surface area contributed by atoms with Gasteiger partial charge in [-0.15, -0.1) is 0 Å². The summed E-state index contributed by atoms with van der Waals surface area (Å²) >= 11 is 0. The summed E-state index contributed by atoms with van der Waals surface area (Å²) in [4.78, 5) is 13.8. The standard InChI is InChI=1S/C13H24N2O/c1-3-14-10-12(2)11-15-9-7-5-4-6-8-13(15)16/h14H,2-11H2,1H3. The molecule has 3 nitrogen and oxygen atoms in total. The number of carbonyl (C=O) groups is 1. The van der Waals surface area contributed by atoms with Crippen LogP contribution in [0.25, 0.3) is 0 Å². The molecule has 0 atom stereocenters. The van der Waals surface area contributed by atoms with Gasteiger partial charge in [-0.05, 0) is 25.0 Å². The van der Waals surface area contributed by atoms with E-state index in [0.29, 0.717) is 12.3 Å². The topological polar surface area (TPSA) is 32.3 Å². The van der Waals surface area contributed by atoms with Gasteiger partial charge in [0, 0.05) is 26.1 Å². The van der Waals surface area contributed by atoms with Crippen molar-refractivity contribution in [2.45, 2.75) is 39.0 Å². The molecular formula is C13H24N2O. The fourth-order valence-corrected chi connectivity index (χ4v) is 2.01. The van der Waals surface area contributed by atoms with Gasteiger partial charge in [0.05, 0.1) is 0 Å². The maximum atomic E-state index is 11.8. The Morgan fingerprint density at radius 3 is 2.88 bits per heavy atom. The van der Waals surface area contributed by atoms with Gasteiger partial charge in [-0.2, -0.15) is 0 Å². The average molecular weight is 224 g/mol. The van der Waals surface area contributed by atoms with Crippen molar-refractivity contribution >= 4 is 5.91 Å². The van der Waals surface area contributed by atoms with Gasteiger partial charge in [-0.25, -0.2) is 0 Å². The minimum atomic E-state index is 0.303. The summed E-state index contributed by atoms with van der Waals surface area (Å²) in [5.41, 5.74) is 1.11. The summed E-state index contributed by atoms with van der Waals surface area (Å²) < 4.78 is 0. The van der Waals surface area contributed by atoms with Gasteiger partial charge < -0.3 is 10.2 Å². The Hall–Kier alpha value is -0.830. The number of rotatable bonds is 5. The molecule has 0 aromatic carbocycles. The maximum Gasteiger partial charge on any atom is 0.222 e. The molecule has 0 saturated carbocycles. The van der Waals surface area contributed by atoms with Crippen LogP contribution < -0.4 is 5.32 Å². The first-order valence-electron chi connectivity index (χ1n) is 6.39. The zero-order valence-electron chi connectivity index (χ0n) is 10.4. The van der Waals surface area contributed by atoms with E-state index in [2.05, 4.69) is 18.8 Å². The Balaban J connectivity index is 2.36. The van der Waals surface area contributed by atoms with Crippen molar-refractivity contribution in [3.8, 4) is 0 Å². The first kappa shape index (κ1) is 13.2. The molecule has 0 bridgehead atoms. The van der Waals surface area contributed by atoms with Crippen LogP contribution in [0.15, 0.2) is 12.2 Å². The van der Waals surface area contributed by atoms with E-state index >= 15 is 0 Å². The highest BCUT2D eigenvalue weighted by molar-refractivity contribution is 5.76. The van der Waals surface area contributed by atoms with Gasteiger partial charge in [0.15, 0.2) is 0 Å². The van der Waals surface area contributed by atoms with E-state index in [1.165, 1.54) is 12.8 Å². The summed E-state index contributed by atoms with van der Waals surface area (Å²) in [5.74, 6) is 0.303. The molecule has 1 rings (SSSR count). The first-order valence-corrected chi connectivity index (χ1v) is 6.39. The molecule has 0 unspecified atom stereocenters. The van der Waals surface area contributed by atoms with E-state index in [1.807, 2.05) is 4.90 Å². The second kappa shape index (κ2) is 7.44. The molecule has 1 amide bonds. The molecule has 1 heterocycles. The minimum absolute atomic E-state index is 0.303. The monoisotopic (exact) mass is 224 g/mol. The fourth-order valence-electron chi connectivity index (χ4n) is 2.01. The summed E-state index contributed by atoms with van der Waals surface area (Å²) in [7, 11) is 0. The lowest BCUT2D eigenvalue weighted by molar-refractivity contribution is -0.131. The third kappa shape index (κ3) is 4.79. The number of carbonyl (C=O) groups excluding carboxylic acids is 1. The lowest BCUT2D eigenvalue weighted by Gasteiger charge is -2.25. The highest BCUT2D eigenvalue weighted by Gasteiger charge is 2.15. The van der Waals surface area contributed by atoms with Crippen molar-refractivity contribution in [3.05, 3.63) is 12.2 Å². The number of amides is 1. The Labute approximate surface area is 98.9 Å². The van der Waals surface area contributed by atoms with E-state index in [1.54, 1.807) is 0 Å². The first-order chi connectivity index (χ1) is 7.74. The zero-order valence-corrected chi connectivity index (χ0v) is 10.4. The van der Waals surface area contributed by atoms with Crippen LogP contribution in [0.3, 0.4) is 0 Å². The highest BCUT2D eigenvalue weighted by Crippen LogP contribution is 2.12. The summed E-state index contributed by atoms with van der Waals surface area (Å²) in [6.45, 7) is 9.50. The lowest BCUT2D eigenvalue weighted by atomic mass is 10.1. The third-order valence-corrected chi connectivity index (χ3v) is 2.96. The molecule has 0 radical (unpaired) electrons. The quantitative estimate of drug-likeness (QED) is 0.724. The molecule has 0 aromatic heterocycles. The highest BCUT2D eigenvalue weighted by atomic mass is 16.2. The summed E-state index contributed by atoms with van der Waals surface area (Å²) in [6.07, 6.45) is 5.37. The van der Waals surface area contributed by atoms with Crippen LogP contribution in [0.5, 0.6) is 0 Å². The predicted molar refractivity (Wildman–Crippen MR) is 67.3 cm³/mol. The maximum absolute atomic E-state index is 11.8. The van der Waals surface area contributed by atoms with E-state index < -0.39 is 0 Å². The molecule has 0 spiro atoms. The predicted octanol–water partition coefficient (Wildman–Crippen LogP) is 1.94. The molecule has 92 valence electrons. The number of hydrogen-bond acceptors (Lipinski definition) is 2. The van der Waals surface area contributed by atoms with Gasteiger partial charge in [0.2, 0.25) is 5.91 Å². The SMILES string of the molecule is C=C(CNCC)CN1CCCCCCC1=O. The zero-order chi connectivity index (χ0) is 11.8. The Morgan fingerprint density at radius 2 is 2.12 bits per heavy atom. The minimum Gasteiger partial charge on any atom is -0.339 e. The molecule has 1 saturated heterocycles. The molecule has 0 aromatic rings. The molecule has 1 fully saturated rings. The smallest absolute Gasteiger partial charge is 0.222 e. The lowest BCUT2D eigenvalue weighted by Crippen LogP contribution is -2.36. The van der Waals surface area contributed by atoms with Crippen molar-refractivity contribution in [3.63, 3.8) is 0 Å². The van der Waals surface area contributed by atoms with Crippen LogP contribution >= 0.6 is 0 Å². The van der Waals surface area contributed by atoms with Crippen LogP contribution in [-0.2, 0) is 4.79 Å². The molecule has 1 aliphatic rings. The van der Waals surface area contributed by atoms with Gasteiger partial charge in [-0.1, -0.05) is 26.3 Å². The number of nitrogens with zero attached hydrogens (tertiary/aromatic N) is 1. The van der Waals surface area contributed by atoms with E-state index in [0.717, 1.165) is 44.6 Å². The second-order valence-corrected chi connectivity index (χ2v) is 4.51. The van der Waals surface area contributed by atoms with E-state index in [-0.39, 0.29) is 0 Å². The summed E-state index contributed by atoms with van der Waals surface area (Å²) in [5, 5.41) is 3.24. The van der Waals surface area contributed by atoms with Gasteiger partial charge in [0.25, 0.3) is 0 Å². The van der Waals surface area contributed by atoms with Crippen LogP contribution in [0.2, 0.25) is 0 Å². The van der Waals surface area contributed by atoms with Gasteiger partial charge in [-0.3, -0.25) is 4.79 Å². The van der Waals surface area contributed by atoms with Crippen LogP contribution in [0.1, 0.15) is 39.0 Å².